The van der Waals surface area contributed by atoms with Crippen molar-refractivity contribution in [3.05, 3.63) is 76.5 Å². The van der Waals surface area contributed by atoms with Crippen molar-refractivity contribution in [3.8, 4) is 0 Å². The van der Waals surface area contributed by atoms with Gasteiger partial charge in [-0.25, -0.2) is 4.79 Å². The fourth-order valence-electron chi connectivity index (χ4n) is 3.49. The van der Waals surface area contributed by atoms with Crippen molar-refractivity contribution in [2.75, 3.05) is 6.61 Å². The predicted molar refractivity (Wildman–Crippen MR) is 116 cm³/mol. The molecule has 2 aromatic carbocycles. The Balaban J connectivity index is 1.79. The molecule has 150 valence electrons. The van der Waals surface area contributed by atoms with Crippen molar-refractivity contribution in [1.82, 2.24) is 4.98 Å². The molecule has 0 aliphatic heterocycles. The second kappa shape index (κ2) is 8.99. The van der Waals surface area contributed by atoms with Crippen LogP contribution in [-0.2, 0) is 11.2 Å². The third-order valence-corrected chi connectivity index (χ3v) is 5.52. The van der Waals surface area contributed by atoms with E-state index in [0.29, 0.717) is 17.0 Å². The maximum atomic E-state index is 12.9. The zero-order valence-corrected chi connectivity index (χ0v) is 17.5. The largest absolute Gasteiger partial charge is 0.454 e. The summed E-state index contributed by atoms with van der Waals surface area (Å²) in [5.41, 5.74) is 4.67. The molecular weight excluding hydrogens is 362 g/mol. The second-order valence-electron chi connectivity index (χ2n) is 7.36. The Hall–Kier alpha value is -3.01. The summed E-state index contributed by atoms with van der Waals surface area (Å²) < 4.78 is 5.42. The molecule has 0 saturated carbocycles. The van der Waals surface area contributed by atoms with E-state index in [-0.39, 0.29) is 12.4 Å². The molecule has 0 bridgehead atoms. The average Bonchev–Trinajstić information content (AvgIpc) is 2.76. The number of para-hydroxylation sites is 1. The lowest BCUT2D eigenvalue weighted by Crippen LogP contribution is -2.16. The minimum atomic E-state index is -0.486. The van der Waals surface area contributed by atoms with Gasteiger partial charge in [0.05, 0.1) is 11.1 Å². The molecule has 3 rings (SSSR count). The Labute approximate surface area is 171 Å². The van der Waals surface area contributed by atoms with Crippen molar-refractivity contribution in [2.45, 2.75) is 46.5 Å². The van der Waals surface area contributed by atoms with E-state index >= 15 is 0 Å². The van der Waals surface area contributed by atoms with Gasteiger partial charge in [-0.1, -0.05) is 63.2 Å². The first-order valence-corrected chi connectivity index (χ1v) is 10.1. The van der Waals surface area contributed by atoms with Gasteiger partial charge in [0.2, 0.25) is 0 Å². The molecule has 0 unspecified atom stereocenters. The molecule has 29 heavy (non-hydrogen) atoms. The summed E-state index contributed by atoms with van der Waals surface area (Å²) in [6.45, 7) is 7.90. The molecule has 0 amide bonds. The molecule has 1 aromatic heterocycles. The van der Waals surface area contributed by atoms with Crippen molar-refractivity contribution >= 4 is 22.7 Å². The minimum Gasteiger partial charge on any atom is -0.454 e. The monoisotopic (exact) mass is 389 g/mol. The number of rotatable bonds is 7. The molecule has 0 aliphatic rings. The molecule has 0 N–H and O–H groups in total. The van der Waals surface area contributed by atoms with Crippen LogP contribution < -0.4 is 0 Å². The van der Waals surface area contributed by atoms with Gasteiger partial charge in [-0.15, -0.1) is 0 Å². The zero-order chi connectivity index (χ0) is 21.0. The van der Waals surface area contributed by atoms with E-state index in [4.69, 9.17) is 4.74 Å². The third kappa shape index (κ3) is 4.37. The van der Waals surface area contributed by atoms with Gasteiger partial charge in [-0.05, 0) is 42.9 Å². The van der Waals surface area contributed by atoms with Crippen LogP contribution in [0.2, 0.25) is 0 Å². The van der Waals surface area contributed by atoms with Crippen LogP contribution in [0.15, 0.2) is 48.5 Å². The summed E-state index contributed by atoms with van der Waals surface area (Å²) in [6.07, 6.45) is 1.77. The van der Waals surface area contributed by atoms with Crippen LogP contribution in [-0.4, -0.2) is 23.3 Å². The second-order valence-corrected chi connectivity index (χ2v) is 7.36. The molecule has 0 saturated heterocycles. The molecule has 4 heteroatoms. The highest BCUT2D eigenvalue weighted by Crippen LogP contribution is 2.24. The molecule has 1 atom stereocenters. The highest BCUT2D eigenvalue weighted by Gasteiger charge is 2.20. The number of fused-ring (bicyclic) bond motifs is 1. The first-order chi connectivity index (χ1) is 14.0. The summed E-state index contributed by atoms with van der Waals surface area (Å²) >= 11 is 0. The van der Waals surface area contributed by atoms with E-state index in [2.05, 4.69) is 18.8 Å². The van der Waals surface area contributed by atoms with Gasteiger partial charge in [-0.3, -0.25) is 9.78 Å². The molecule has 4 nitrogen and oxygen atoms in total. The Morgan fingerprint density at radius 1 is 1.03 bits per heavy atom. The fraction of sp³-hybridized carbons (Fsp3) is 0.320. The normalized spacial score (nSPS) is 12.0. The number of hydrogen-bond donors (Lipinski definition) is 0. The van der Waals surface area contributed by atoms with Crippen LogP contribution >= 0.6 is 0 Å². The summed E-state index contributed by atoms with van der Waals surface area (Å²) in [6, 6.07) is 15.1. The Kier molecular flexibility index (Phi) is 6.42. The third-order valence-electron chi connectivity index (χ3n) is 5.52. The number of carbonyl (C=O) groups is 2. The van der Waals surface area contributed by atoms with Gasteiger partial charge in [0.1, 0.15) is 0 Å². The van der Waals surface area contributed by atoms with Crippen molar-refractivity contribution < 1.29 is 14.3 Å². The molecule has 3 aromatic rings. The molecule has 1 heterocycles. The van der Waals surface area contributed by atoms with Gasteiger partial charge < -0.3 is 4.74 Å². The average molecular weight is 389 g/mol. The molecule has 0 fully saturated rings. The van der Waals surface area contributed by atoms with E-state index < -0.39 is 5.97 Å². The Morgan fingerprint density at radius 3 is 2.38 bits per heavy atom. The summed E-state index contributed by atoms with van der Waals surface area (Å²) in [4.78, 5) is 30.0. The topological polar surface area (TPSA) is 56.3 Å². The summed E-state index contributed by atoms with van der Waals surface area (Å²) in [5.74, 6) is -0.242. The first-order valence-electron chi connectivity index (χ1n) is 10.1. The number of benzene rings is 2. The lowest BCUT2D eigenvalue weighted by molar-refractivity contribution is 0.0476. The fourth-order valence-corrected chi connectivity index (χ4v) is 3.49. The van der Waals surface area contributed by atoms with Gasteiger partial charge in [0.25, 0.3) is 0 Å². The number of hydrogen-bond acceptors (Lipinski definition) is 4. The maximum absolute atomic E-state index is 12.9. The van der Waals surface area contributed by atoms with Crippen molar-refractivity contribution in [2.24, 2.45) is 0 Å². The van der Waals surface area contributed by atoms with E-state index in [1.165, 1.54) is 5.56 Å². The van der Waals surface area contributed by atoms with Crippen molar-refractivity contribution in [1.29, 1.82) is 0 Å². The number of Topliss-reactive ketones (excluding diaryl/α,β-unsaturated/α-hetero) is 1. The maximum Gasteiger partial charge on any atom is 0.339 e. The van der Waals surface area contributed by atoms with Gasteiger partial charge in [0, 0.05) is 16.6 Å². The van der Waals surface area contributed by atoms with E-state index in [1.807, 2.05) is 50.2 Å². The standard InChI is InChI=1S/C25H27NO3/c1-5-16(3)18-11-13-19(14-12-18)23(27)15-29-25(28)24-17(4)21(6-2)26-22-10-8-7-9-20(22)24/h7-14,16H,5-6,15H2,1-4H3/t16-/m1/s1. The number of aryl methyl sites for hydroxylation is 1. The zero-order valence-electron chi connectivity index (χ0n) is 17.5. The number of ether oxygens (including phenoxy) is 1. The Bertz CT molecular complexity index is 1040. The van der Waals surface area contributed by atoms with Crippen LogP contribution in [0.1, 0.15) is 70.6 Å². The van der Waals surface area contributed by atoms with Crippen LogP contribution in [0.25, 0.3) is 10.9 Å². The predicted octanol–water partition coefficient (Wildman–Crippen LogP) is 5.66. The van der Waals surface area contributed by atoms with Gasteiger partial charge in [-0.2, -0.15) is 0 Å². The number of esters is 1. The van der Waals surface area contributed by atoms with Crippen molar-refractivity contribution in [3.63, 3.8) is 0 Å². The van der Waals surface area contributed by atoms with Crippen LogP contribution in [0, 0.1) is 6.92 Å². The first kappa shape index (κ1) is 20.7. The number of aromatic nitrogens is 1. The number of nitrogens with zero attached hydrogens (tertiary/aromatic N) is 1. The number of ketones is 1. The lowest BCUT2D eigenvalue weighted by Gasteiger charge is -2.13. The summed E-state index contributed by atoms with van der Waals surface area (Å²) in [7, 11) is 0. The van der Waals surface area contributed by atoms with Crippen LogP contribution in [0.5, 0.6) is 0 Å². The quantitative estimate of drug-likeness (QED) is 0.386. The summed E-state index contributed by atoms with van der Waals surface area (Å²) in [5, 5.41) is 0.748. The van der Waals surface area contributed by atoms with E-state index in [1.54, 1.807) is 12.1 Å². The van der Waals surface area contributed by atoms with E-state index in [9.17, 15) is 9.59 Å². The van der Waals surface area contributed by atoms with E-state index in [0.717, 1.165) is 35.0 Å². The SMILES string of the molecule is CCc1nc2ccccc2c(C(=O)OCC(=O)c2ccc([C@H](C)CC)cc2)c1C. The van der Waals surface area contributed by atoms with Gasteiger partial charge in [0.15, 0.2) is 12.4 Å². The van der Waals surface area contributed by atoms with Crippen LogP contribution in [0.3, 0.4) is 0 Å². The highest BCUT2D eigenvalue weighted by atomic mass is 16.5. The molecule has 0 aliphatic carbocycles. The Morgan fingerprint density at radius 2 is 1.72 bits per heavy atom. The smallest absolute Gasteiger partial charge is 0.339 e. The lowest BCUT2D eigenvalue weighted by atomic mass is 9.97. The molecule has 0 radical (unpaired) electrons. The number of carbonyl (C=O) groups excluding carboxylic acids is 2. The highest BCUT2D eigenvalue weighted by molar-refractivity contribution is 6.06. The van der Waals surface area contributed by atoms with Gasteiger partial charge >= 0.3 is 5.97 Å². The van der Waals surface area contributed by atoms with Crippen LogP contribution in [0.4, 0.5) is 0 Å². The molecular formula is C25H27NO3. The minimum absolute atomic E-state index is 0.208. The number of pyridine rings is 1. The molecule has 0 spiro atoms.